The standard InChI is InChI=1S/C21H30N2O5/c1-7-14(2)17(19(25)27-6)23-18(24)16(13-15-11-9-8-10-12-15)22-20(26)28-21(3,4)5/h7-12,14,16-17H,1,13H2,2-6H3,(H,22,26)(H,23,24)/t14-,16+,17-/m1/s1. The van der Waals surface area contributed by atoms with Gasteiger partial charge in [0.1, 0.15) is 17.7 Å². The van der Waals surface area contributed by atoms with Crippen molar-refractivity contribution in [1.29, 1.82) is 0 Å². The van der Waals surface area contributed by atoms with Crippen LogP contribution in [0, 0.1) is 5.92 Å². The Kier molecular flexibility index (Phi) is 8.70. The Bertz CT molecular complexity index is 682. The summed E-state index contributed by atoms with van der Waals surface area (Å²) in [7, 11) is 1.25. The van der Waals surface area contributed by atoms with Crippen LogP contribution >= 0.6 is 0 Å². The molecule has 0 heterocycles. The zero-order chi connectivity index (χ0) is 21.3. The summed E-state index contributed by atoms with van der Waals surface area (Å²) in [6.07, 6.45) is 1.08. The summed E-state index contributed by atoms with van der Waals surface area (Å²) in [4.78, 5) is 37.1. The van der Waals surface area contributed by atoms with Crippen LogP contribution in [0.1, 0.15) is 33.3 Å². The molecule has 2 N–H and O–H groups in total. The summed E-state index contributed by atoms with van der Waals surface area (Å²) < 4.78 is 10.0. The van der Waals surface area contributed by atoms with Gasteiger partial charge in [0, 0.05) is 12.3 Å². The van der Waals surface area contributed by atoms with Gasteiger partial charge in [-0.1, -0.05) is 43.3 Å². The molecular weight excluding hydrogens is 360 g/mol. The molecule has 0 aliphatic rings. The third-order valence-corrected chi connectivity index (χ3v) is 3.94. The van der Waals surface area contributed by atoms with Gasteiger partial charge in [0.25, 0.3) is 0 Å². The van der Waals surface area contributed by atoms with E-state index in [-0.39, 0.29) is 12.3 Å². The van der Waals surface area contributed by atoms with Gasteiger partial charge in [-0.3, -0.25) is 4.79 Å². The topological polar surface area (TPSA) is 93.7 Å². The number of nitrogens with one attached hydrogen (secondary N) is 2. The van der Waals surface area contributed by atoms with Crippen LogP contribution < -0.4 is 10.6 Å². The maximum atomic E-state index is 12.9. The average molecular weight is 390 g/mol. The minimum Gasteiger partial charge on any atom is -0.467 e. The van der Waals surface area contributed by atoms with E-state index < -0.39 is 35.7 Å². The molecule has 0 aromatic heterocycles. The maximum absolute atomic E-state index is 12.9. The van der Waals surface area contributed by atoms with Crippen molar-refractivity contribution >= 4 is 18.0 Å². The summed E-state index contributed by atoms with van der Waals surface area (Å²) in [6, 6.07) is 7.40. The molecule has 3 atom stereocenters. The first kappa shape index (κ1) is 23.2. The number of carbonyl (C=O) groups excluding carboxylic acids is 3. The van der Waals surface area contributed by atoms with Crippen LogP contribution in [-0.4, -0.2) is 42.8 Å². The van der Waals surface area contributed by atoms with Crippen LogP contribution in [0.5, 0.6) is 0 Å². The van der Waals surface area contributed by atoms with E-state index in [0.29, 0.717) is 0 Å². The lowest BCUT2D eigenvalue weighted by atomic mass is 10.0. The second-order valence-electron chi connectivity index (χ2n) is 7.49. The Labute approximate surface area is 166 Å². The van der Waals surface area contributed by atoms with Gasteiger partial charge in [0.15, 0.2) is 0 Å². The van der Waals surface area contributed by atoms with Gasteiger partial charge in [-0.15, -0.1) is 6.58 Å². The van der Waals surface area contributed by atoms with Crippen molar-refractivity contribution in [3.05, 3.63) is 48.6 Å². The molecule has 0 fully saturated rings. The summed E-state index contributed by atoms with van der Waals surface area (Å²) >= 11 is 0. The van der Waals surface area contributed by atoms with Crippen LogP contribution in [0.2, 0.25) is 0 Å². The molecule has 2 amide bonds. The number of amides is 2. The molecule has 0 saturated heterocycles. The predicted molar refractivity (Wildman–Crippen MR) is 107 cm³/mol. The van der Waals surface area contributed by atoms with Crippen molar-refractivity contribution in [2.75, 3.05) is 7.11 Å². The maximum Gasteiger partial charge on any atom is 0.408 e. The van der Waals surface area contributed by atoms with E-state index in [4.69, 9.17) is 9.47 Å². The van der Waals surface area contributed by atoms with Crippen molar-refractivity contribution in [3.8, 4) is 0 Å². The quantitative estimate of drug-likeness (QED) is 0.526. The highest BCUT2D eigenvalue weighted by atomic mass is 16.6. The summed E-state index contributed by atoms with van der Waals surface area (Å²) in [5, 5.41) is 5.24. The second kappa shape index (κ2) is 10.5. The molecule has 0 spiro atoms. The number of methoxy groups -OCH3 is 1. The highest BCUT2D eigenvalue weighted by Gasteiger charge is 2.31. The number of alkyl carbamates (subject to hydrolysis) is 1. The first-order valence-corrected chi connectivity index (χ1v) is 9.11. The van der Waals surface area contributed by atoms with E-state index in [1.165, 1.54) is 7.11 Å². The zero-order valence-corrected chi connectivity index (χ0v) is 17.2. The summed E-state index contributed by atoms with van der Waals surface area (Å²) in [5.74, 6) is -1.45. The Balaban J connectivity index is 3.00. The van der Waals surface area contributed by atoms with Crippen LogP contribution in [0.3, 0.4) is 0 Å². The Morgan fingerprint density at radius 1 is 1.14 bits per heavy atom. The number of carbonyl (C=O) groups is 3. The molecule has 0 unspecified atom stereocenters. The van der Waals surface area contributed by atoms with E-state index in [1.54, 1.807) is 33.8 Å². The molecule has 1 rings (SSSR count). The fraction of sp³-hybridized carbons (Fsp3) is 0.476. The van der Waals surface area contributed by atoms with Crippen LogP contribution in [0.4, 0.5) is 4.79 Å². The number of hydrogen-bond acceptors (Lipinski definition) is 5. The number of rotatable bonds is 8. The zero-order valence-electron chi connectivity index (χ0n) is 17.2. The van der Waals surface area contributed by atoms with Crippen molar-refractivity contribution in [2.45, 2.75) is 51.8 Å². The lowest BCUT2D eigenvalue weighted by Crippen LogP contribution is -2.54. The molecule has 7 heteroatoms. The minimum absolute atomic E-state index is 0.238. The Morgan fingerprint density at radius 2 is 1.75 bits per heavy atom. The third kappa shape index (κ3) is 7.82. The molecule has 0 radical (unpaired) electrons. The molecule has 154 valence electrons. The number of ether oxygens (including phenoxy) is 2. The molecule has 1 aromatic carbocycles. The van der Waals surface area contributed by atoms with E-state index in [2.05, 4.69) is 17.2 Å². The highest BCUT2D eigenvalue weighted by molar-refractivity contribution is 5.90. The first-order valence-electron chi connectivity index (χ1n) is 9.11. The average Bonchev–Trinajstić information content (AvgIpc) is 2.63. The number of benzene rings is 1. The molecule has 0 aliphatic carbocycles. The molecule has 1 aromatic rings. The van der Waals surface area contributed by atoms with Crippen molar-refractivity contribution in [3.63, 3.8) is 0 Å². The van der Waals surface area contributed by atoms with Gasteiger partial charge in [0.2, 0.25) is 5.91 Å². The normalized spacial score (nSPS) is 14.2. The molecule has 7 nitrogen and oxygen atoms in total. The fourth-order valence-corrected chi connectivity index (χ4v) is 2.43. The van der Waals surface area contributed by atoms with Crippen LogP contribution in [-0.2, 0) is 25.5 Å². The SMILES string of the molecule is C=C[C@@H](C)[C@@H](NC(=O)[C@H](Cc1ccccc1)NC(=O)OC(C)(C)C)C(=O)OC. The fourth-order valence-electron chi connectivity index (χ4n) is 2.43. The van der Waals surface area contributed by atoms with Gasteiger partial charge in [-0.25, -0.2) is 9.59 Å². The van der Waals surface area contributed by atoms with Crippen LogP contribution in [0.15, 0.2) is 43.0 Å². The third-order valence-electron chi connectivity index (χ3n) is 3.94. The van der Waals surface area contributed by atoms with E-state index >= 15 is 0 Å². The number of hydrogen-bond donors (Lipinski definition) is 2. The summed E-state index contributed by atoms with van der Waals surface area (Å²) in [5.41, 5.74) is 0.147. The van der Waals surface area contributed by atoms with Gasteiger partial charge < -0.3 is 20.1 Å². The molecule has 0 bridgehead atoms. The molecule has 0 saturated carbocycles. The van der Waals surface area contributed by atoms with E-state index in [0.717, 1.165) is 5.56 Å². The minimum atomic E-state index is -0.929. The van der Waals surface area contributed by atoms with E-state index in [1.807, 2.05) is 30.3 Å². The molecule has 0 aliphatic heterocycles. The summed E-state index contributed by atoms with van der Waals surface area (Å²) in [6.45, 7) is 10.6. The van der Waals surface area contributed by atoms with Crippen molar-refractivity contribution in [1.82, 2.24) is 10.6 Å². The smallest absolute Gasteiger partial charge is 0.408 e. The lowest BCUT2D eigenvalue weighted by molar-refractivity contribution is -0.146. The predicted octanol–water partition coefficient (Wildman–Crippen LogP) is 2.60. The lowest BCUT2D eigenvalue weighted by Gasteiger charge is -2.26. The monoisotopic (exact) mass is 390 g/mol. The highest BCUT2D eigenvalue weighted by Crippen LogP contribution is 2.11. The van der Waals surface area contributed by atoms with Crippen molar-refractivity contribution in [2.24, 2.45) is 5.92 Å². The van der Waals surface area contributed by atoms with Crippen LogP contribution in [0.25, 0.3) is 0 Å². The largest absolute Gasteiger partial charge is 0.467 e. The van der Waals surface area contributed by atoms with E-state index in [9.17, 15) is 14.4 Å². The van der Waals surface area contributed by atoms with Gasteiger partial charge in [-0.2, -0.15) is 0 Å². The molecule has 28 heavy (non-hydrogen) atoms. The van der Waals surface area contributed by atoms with Gasteiger partial charge >= 0.3 is 12.1 Å². The van der Waals surface area contributed by atoms with Crippen molar-refractivity contribution < 1.29 is 23.9 Å². The second-order valence-corrected chi connectivity index (χ2v) is 7.49. The van der Waals surface area contributed by atoms with Gasteiger partial charge in [-0.05, 0) is 26.3 Å². The Hall–Kier alpha value is -2.83. The number of esters is 1. The Morgan fingerprint density at radius 3 is 2.25 bits per heavy atom. The first-order chi connectivity index (χ1) is 13.1. The van der Waals surface area contributed by atoms with Gasteiger partial charge in [0.05, 0.1) is 7.11 Å². The molecular formula is C21H30N2O5.